The molecule has 1 aromatic heterocycles. The van der Waals surface area contributed by atoms with Gasteiger partial charge in [0.25, 0.3) is 5.56 Å². The lowest BCUT2D eigenvalue weighted by molar-refractivity contribution is 0.0695. The fourth-order valence-corrected chi connectivity index (χ4v) is 3.95. The Bertz CT molecular complexity index is 1160. The molecule has 0 amide bonds. The van der Waals surface area contributed by atoms with Crippen LogP contribution >= 0.6 is 23.4 Å². The van der Waals surface area contributed by atoms with Gasteiger partial charge >= 0.3 is 11.9 Å². The summed E-state index contributed by atoms with van der Waals surface area (Å²) in [6, 6.07) is 13.5. The van der Waals surface area contributed by atoms with Crippen molar-refractivity contribution in [3.05, 3.63) is 75.0 Å². The number of H-pyrrole nitrogens is 1. The van der Waals surface area contributed by atoms with Gasteiger partial charge in [-0.2, -0.15) is 0 Å². The maximum Gasteiger partial charge on any atom is 0.342 e. The molecule has 1 heterocycles. The number of carboxylic acids is 2. The molecule has 0 spiro atoms. The molecule has 0 fully saturated rings. The van der Waals surface area contributed by atoms with Gasteiger partial charge in [0, 0.05) is 15.4 Å². The summed E-state index contributed by atoms with van der Waals surface area (Å²) in [5, 5.41) is 19.6. The van der Waals surface area contributed by atoms with Crippen molar-refractivity contribution < 1.29 is 19.8 Å². The number of rotatable bonds is 5. The average Bonchev–Trinajstić information content (AvgIpc) is 2.62. The Balaban J connectivity index is 2.34. The summed E-state index contributed by atoms with van der Waals surface area (Å²) in [6.07, 6.45) is 0. The minimum atomic E-state index is -1.56. The van der Waals surface area contributed by atoms with E-state index < -0.39 is 34.4 Å². The molecule has 28 heavy (non-hydrogen) atoms. The fourth-order valence-electron chi connectivity index (χ4n) is 2.72. The van der Waals surface area contributed by atoms with Crippen LogP contribution in [0.1, 0.15) is 20.7 Å². The van der Waals surface area contributed by atoms with E-state index in [0.717, 1.165) is 0 Å². The largest absolute Gasteiger partial charge is 0.478 e. The van der Waals surface area contributed by atoms with E-state index in [-0.39, 0.29) is 11.1 Å². The molecule has 0 aliphatic heterocycles. The van der Waals surface area contributed by atoms with Gasteiger partial charge in [0.2, 0.25) is 0 Å². The highest BCUT2D eigenvalue weighted by Gasteiger charge is 2.28. The lowest BCUT2D eigenvalue weighted by atomic mass is 9.95. The molecule has 0 aliphatic rings. The normalized spacial score (nSPS) is 10.6. The molecule has 3 aromatic rings. The fraction of sp³-hybridized carbons (Fsp3) is 0. The molecular weight excluding hydrogens is 404 g/mol. The molecule has 0 unspecified atom stereocenters. The summed E-state index contributed by atoms with van der Waals surface area (Å²) in [4.78, 5) is 39.1. The van der Waals surface area contributed by atoms with Crippen molar-refractivity contribution in [1.82, 2.24) is 4.98 Å². The second-order valence-corrected chi connectivity index (χ2v) is 7.12. The number of hydrogen-bond acceptors (Lipinski definition) is 5. The number of carboxylic acid groups (broad SMARTS) is 2. The quantitative estimate of drug-likeness (QED) is 0.496. The highest BCUT2D eigenvalue weighted by molar-refractivity contribution is 7.99. The van der Waals surface area contributed by atoms with Crippen LogP contribution in [0.4, 0.5) is 5.82 Å². The molecule has 9 heteroatoms. The molecule has 0 aliphatic carbocycles. The van der Waals surface area contributed by atoms with Crippen molar-refractivity contribution in [3.63, 3.8) is 0 Å². The molecular formula is C19H13ClN2O5S. The van der Waals surface area contributed by atoms with E-state index in [2.05, 4.69) is 4.98 Å². The Morgan fingerprint density at radius 3 is 2.11 bits per heavy atom. The van der Waals surface area contributed by atoms with E-state index in [4.69, 9.17) is 17.3 Å². The van der Waals surface area contributed by atoms with Crippen LogP contribution in [-0.4, -0.2) is 27.1 Å². The van der Waals surface area contributed by atoms with Gasteiger partial charge in [0.05, 0.1) is 5.02 Å². The predicted molar refractivity (Wildman–Crippen MR) is 106 cm³/mol. The van der Waals surface area contributed by atoms with Crippen LogP contribution in [-0.2, 0) is 0 Å². The van der Waals surface area contributed by atoms with Gasteiger partial charge in [-0.25, -0.2) is 9.59 Å². The third-order valence-corrected chi connectivity index (χ3v) is 5.48. The van der Waals surface area contributed by atoms with Crippen LogP contribution in [0.5, 0.6) is 0 Å². The summed E-state index contributed by atoms with van der Waals surface area (Å²) < 4.78 is 0. The van der Waals surface area contributed by atoms with Crippen molar-refractivity contribution in [2.24, 2.45) is 0 Å². The van der Waals surface area contributed by atoms with Crippen LogP contribution in [0.15, 0.2) is 63.1 Å². The number of aromatic nitrogens is 1. The molecule has 0 radical (unpaired) electrons. The third-order valence-electron chi connectivity index (χ3n) is 3.89. The highest BCUT2D eigenvalue weighted by atomic mass is 35.5. The van der Waals surface area contributed by atoms with E-state index in [9.17, 15) is 24.6 Å². The lowest BCUT2D eigenvalue weighted by Crippen LogP contribution is -2.24. The predicted octanol–water partition coefficient (Wildman–Crippen LogP) is 3.83. The Kier molecular flexibility index (Phi) is 5.43. The monoisotopic (exact) mass is 416 g/mol. The average molecular weight is 417 g/mol. The van der Waals surface area contributed by atoms with Gasteiger partial charge < -0.3 is 20.9 Å². The molecule has 0 saturated heterocycles. The van der Waals surface area contributed by atoms with Crippen molar-refractivity contribution in [2.75, 3.05) is 5.73 Å². The number of carbonyl (C=O) groups is 2. The van der Waals surface area contributed by atoms with Gasteiger partial charge in [-0.05, 0) is 23.8 Å². The second-order valence-electron chi connectivity index (χ2n) is 5.63. The summed E-state index contributed by atoms with van der Waals surface area (Å²) in [6.45, 7) is 0. The van der Waals surface area contributed by atoms with Crippen LogP contribution in [0, 0.1) is 0 Å². The first-order valence-electron chi connectivity index (χ1n) is 7.85. The zero-order valence-corrected chi connectivity index (χ0v) is 15.7. The Hall–Kier alpha value is -3.23. The summed E-state index contributed by atoms with van der Waals surface area (Å²) >= 11 is 7.42. The van der Waals surface area contributed by atoms with Gasteiger partial charge in [-0.15, -0.1) is 0 Å². The first-order chi connectivity index (χ1) is 13.3. The lowest BCUT2D eigenvalue weighted by Gasteiger charge is -2.15. The number of hydrogen-bond donors (Lipinski definition) is 4. The van der Waals surface area contributed by atoms with Crippen molar-refractivity contribution in [2.45, 2.75) is 9.79 Å². The summed E-state index contributed by atoms with van der Waals surface area (Å²) in [7, 11) is 0. The minimum absolute atomic E-state index is 0.250. The number of aromatic carboxylic acids is 2. The van der Waals surface area contributed by atoms with Crippen LogP contribution in [0.3, 0.4) is 0 Å². The van der Waals surface area contributed by atoms with Gasteiger partial charge in [0.1, 0.15) is 16.9 Å². The van der Waals surface area contributed by atoms with E-state index in [1.807, 2.05) is 0 Å². The topological polar surface area (TPSA) is 133 Å². The Morgan fingerprint density at radius 1 is 0.929 bits per heavy atom. The van der Waals surface area contributed by atoms with E-state index in [1.54, 1.807) is 42.5 Å². The zero-order valence-electron chi connectivity index (χ0n) is 14.1. The van der Waals surface area contributed by atoms with E-state index in [1.165, 1.54) is 17.8 Å². The number of nitrogens with one attached hydrogen (secondary N) is 1. The number of nitrogen functional groups attached to an aromatic ring is 1. The van der Waals surface area contributed by atoms with Crippen LogP contribution in [0.2, 0.25) is 5.02 Å². The number of aromatic amines is 1. The second kappa shape index (κ2) is 7.79. The van der Waals surface area contributed by atoms with Crippen LogP contribution in [0.25, 0.3) is 11.1 Å². The molecule has 142 valence electrons. The first-order valence-corrected chi connectivity index (χ1v) is 9.04. The zero-order chi connectivity index (χ0) is 20.4. The Labute approximate surface area is 167 Å². The highest BCUT2D eigenvalue weighted by Crippen LogP contribution is 2.41. The molecule has 7 nitrogen and oxygen atoms in total. The molecule has 5 N–H and O–H groups in total. The maximum atomic E-state index is 12.2. The van der Waals surface area contributed by atoms with Crippen molar-refractivity contribution in [1.29, 1.82) is 0 Å². The maximum absolute atomic E-state index is 12.2. The number of pyridine rings is 1. The number of anilines is 1. The number of benzene rings is 2. The minimum Gasteiger partial charge on any atom is -0.478 e. The van der Waals surface area contributed by atoms with Crippen LogP contribution < -0.4 is 11.3 Å². The molecule has 0 bridgehead atoms. The third kappa shape index (κ3) is 3.60. The van der Waals surface area contributed by atoms with Crippen molar-refractivity contribution >= 4 is 41.1 Å². The first kappa shape index (κ1) is 19.5. The standard InChI is InChI=1S/C19H13ClN2O5S/c20-10-6-2-4-8-12(10)28-11-7-3-1-5-9(11)13-14(18(24)25)16(21)22-17(23)15(13)19(26)27/h1-8H,(H,24,25)(H,26,27)(H3,21,22,23). The molecule has 3 rings (SSSR count). The van der Waals surface area contributed by atoms with Gasteiger partial charge in [-0.1, -0.05) is 53.7 Å². The molecule has 2 aromatic carbocycles. The molecule has 0 atom stereocenters. The smallest absolute Gasteiger partial charge is 0.342 e. The Morgan fingerprint density at radius 2 is 1.50 bits per heavy atom. The van der Waals surface area contributed by atoms with Crippen molar-refractivity contribution in [3.8, 4) is 11.1 Å². The number of halogens is 1. The molecule has 0 saturated carbocycles. The summed E-state index contributed by atoms with van der Waals surface area (Å²) in [5.74, 6) is -3.44. The van der Waals surface area contributed by atoms with Gasteiger partial charge in [-0.3, -0.25) is 4.79 Å². The number of nitrogens with two attached hydrogens (primary N) is 1. The van der Waals surface area contributed by atoms with E-state index in [0.29, 0.717) is 14.8 Å². The summed E-state index contributed by atoms with van der Waals surface area (Å²) in [5.41, 5.74) is 3.53. The van der Waals surface area contributed by atoms with Gasteiger partial charge in [0.15, 0.2) is 0 Å². The SMILES string of the molecule is Nc1[nH]c(=O)c(C(=O)O)c(-c2ccccc2Sc2ccccc2Cl)c1C(=O)O. The van der Waals surface area contributed by atoms with E-state index >= 15 is 0 Å².